The van der Waals surface area contributed by atoms with Gasteiger partial charge in [-0.2, -0.15) is 0 Å². The molecule has 140 valence electrons. The zero-order chi connectivity index (χ0) is 19.2. The van der Waals surface area contributed by atoms with Crippen molar-refractivity contribution in [3.8, 4) is 5.75 Å². The van der Waals surface area contributed by atoms with Gasteiger partial charge < -0.3 is 19.2 Å². The van der Waals surface area contributed by atoms with Crippen molar-refractivity contribution in [2.45, 2.75) is 25.9 Å². The second-order valence-electron chi connectivity index (χ2n) is 7.24. The molecule has 1 saturated heterocycles. The van der Waals surface area contributed by atoms with Gasteiger partial charge in [-0.05, 0) is 43.5 Å². The van der Waals surface area contributed by atoms with Crippen LogP contribution in [0.1, 0.15) is 33.7 Å². The summed E-state index contributed by atoms with van der Waals surface area (Å²) in [7, 11) is 1.60. The predicted molar refractivity (Wildman–Crippen MR) is 103 cm³/mol. The first-order valence-electron chi connectivity index (χ1n) is 9.08. The topological polar surface area (TPSA) is 62.9 Å². The van der Waals surface area contributed by atoms with E-state index >= 15 is 0 Å². The van der Waals surface area contributed by atoms with Crippen molar-refractivity contribution in [3.05, 3.63) is 64.9 Å². The van der Waals surface area contributed by atoms with Crippen LogP contribution in [-0.4, -0.2) is 36.1 Å². The van der Waals surface area contributed by atoms with Crippen LogP contribution in [0, 0.1) is 13.8 Å². The minimum atomic E-state index is -1.02. The van der Waals surface area contributed by atoms with Crippen LogP contribution in [0.2, 0.25) is 0 Å². The highest BCUT2D eigenvalue weighted by Gasteiger charge is 2.41. The van der Waals surface area contributed by atoms with Crippen LogP contribution in [0.5, 0.6) is 5.75 Å². The molecule has 4 rings (SSSR count). The standard InChI is InChI=1S/C22H23NO4/c1-14-6-4-5-7-18(14)22(25)10-11-23(13-22)21(24)20-15(2)17-9-8-16(26-3)12-19(17)27-20/h4-9,12,25H,10-11,13H2,1-3H3. The van der Waals surface area contributed by atoms with Crippen LogP contribution in [0.4, 0.5) is 0 Å². The molecule has 0 bridgehead atoms. The quantitative estimate of drug-likeness (QED) is 0.767. The number of fused-ring (bicyclic) bond motifs is 1. The lowest BCUT2D eigenvalue weighted by Gasteiger charge is -2.25. The number of hydrogen-bond donors (Lipinski definition) is 1. The van der Waals surface area contributed by atoms with E-state index in [2.05, 4.69) is 0 Å². The third-order valence-corrected chi connectivity index (χ3v) is 5.52. The van der Waals surface area contributed by atoms with Gasteiger partial charge in [-0.1, -0.05) is 24.3 Å². The number of carbonyl (C=O) groups is 1. The minimum Gasteiger partial charge on any atom is -0.497 e. The van der Waals surface area contributed by atoms with E-state index in [1.807, 2.05) is 50.2 Å². The van der Waals surface area contributed by atoms with Crippen LogP contribution in [0.25, 0.3) is 11.0 Å². The molecule has 3 aromatic rings. The smallest absolute Gasteiger partial charge is 0.289 e. The zero-order valence-electron chi connectivity index (χ0n) is 15.8. The fourth-order valence-electron chi connectivity index (χ4n) is 3.96. The predicted octanol–water partition coefficient (Wildman–Crippen LogP) is 3.79. The van der Waals surface area contributed by atoms with E-state index in [0.717, 1.165) is 22.1 Å². The number of hydrogen-bond acceptors (Lipinski definition) is 4. The Labute approximate surface area is 158 Å². The van der Waals surface area contributed by atoms with Gasteiger partial charge in [0.1, 0.15) is 16.9 Å². The van der Waals surface area contributed by atoms with Gasteiger partial charge in [0.05, 0.1) is 13.7 Å². The summed E-state index contributed by atoms with van der Waals surface area (Å²) in [6, 6.07) is 13.3. The minimum absolute atomic E-state index is 0.188. The van der Waals surface area contributed by atoms with E-state index in [1.54, 1.807) is 18.1 Å². The number of carbonyl (C=O) groups excluding carboxylic acids is 1. The van der Waals surface area contributed by atoms with Crippen LogP contribution in [0.15, 0.2) is 46.9 Å². The highest BCUT2D eigenvalue weighted by Crippen LogP contribution is 2.36. The summed E-state index contributed by atoms with van der Waals surface area (Å²) in [5.74, 6) is 0.824. The Morgan fingerprint density at radius 3 is 2.74 bits per heavy atom. The molecule has 1 fully saturated rings. The molecule has 1 aromatic heterocycles. The Bertz CT molecular complexity index is 1020. The fourth-order valence-corrected chi connectivity index (χ4v) is 3.96. The monoisotopic (exact) mass is 365 g/mol. The average Bonchev–Trinajstić information content (AvgIpc) is 3.22. The number of aryl methyl sites for hydroxylation is 2. The zero-order valence-corrected chi connectivity index (χ0v) is 15.8. The molecule has 2 heterocycles. The molecular weight excluding hydrogens is 342 g/mol. The highest BCUT2D eigenvalue weighted by atomic mass is 16.5. The van der Waals surface area contributed by atoms with Gasteiger partial charge in [0.25, 0.3) is 5.91 Å². The molecule has 1 amide bonds. The number of likely N-dealkylation sites (tertiary alicyclic amines) is 1. The third kappa shape index (κ3) is 2.88. The Morgan fingerprint density at radius 2 is 2.00 bits per heavy atom. The molecular formula is C22H23NO4. The highest BCUT2D eigenvalue weighted by molar-refractivity contribution is 5.99. The summed E-state index contributed by atoms with van der Waals surface area (Å²) in [5.41, 5.74) is 2.32. The summed E-state index contributed by atoms with van der Waals surface area (Å²) >= 11 is 0. The van der Waals surface area contributed by atoms with E-state index in [1.165, 1.54) is 0 Å². The number of methoxy groups -OCH3 is 1. The van der Waals surface area contributed by atoms with Gasteiger partial charge >= 0.3 is 0 Å². The number of amides is 1. The summed E-state index contributed by atoms with van der Waals surface area (Å²) < 4.78 is 11.1. The van der Waals surface area contributed by atoms with Gasteiger partial charge in [0, 0.05) is 23.6 Å². The first kappa shape index (κ1) is 17.6. The average molecular weight is 365 g/mol. The van der Waals surface area contributed by atoms with Crippen LogP contribution in [0.3, 0.4) is 0 Å². The molecule has 0 spiro atoms. The Morgan fingerprint density at radius 1 is 1.22 bits per heavy atom. The normalized spacial score (nSPS) is 19.6. The Hall–Kier alpha value is -2.79. The maximum Gasteiger partial charge on any atom is 0.289 e. The third-order valence-electron chi connectivity index (χ3n) is 5.52. The molecule has 1 aliphatic rings. The van der Waals surface area contributed by atoms with Gasteiger partial charge in [-0.25, -0.2) is 0 Å². The van der Waals surface area contributed by atoms with Gasteiger partial charge in [-0.15, -0.1) is 0 Å². The lowest BCUT2D eigenvalue weighted by molar-refractivity contribution is 0.0403. The molecule has 1 N–H and O–H groups in total. The number of β-amino-alcohol motifs (C(OH)–C–C–N with tert-alkyl or cyclic N) is 1. The van der Waals surface area contributed by atoms with Crippen LogP contribution >= 0.6 is 0 Å². The second kappa shape index (κ2) is 6.43. The first-order chi connectivity index (χ1) is 12.9. The van der Waals surface area contributed by atoms with Gasteiger partial charge in [-0.3, -0.25) is 4.79 Å². The first-order valence-corrected chi connectivity index (χ1v) is 9.08. The molecule has 1 aliphatic heterocycles. The van der Waals surface area contributed by atoms with E-state index in [9.17, 15) is 9.90 Å². The SMILES string of the molecule is COc1ccc2c(C)c(C(=O)N3CCC(O)(c4ccccc4C)C3)oc2c1. The number of ether oxygens (including phenoxy) is 1. The molecule has 5 heteroatoms. The number of benzene rings is 2. The molecule has 1 unspecified atom stereocenters. The van der Waals surface area contributed by atoms with Gasteiger partial charge in [0.2, 0.25) is 0 Å². The summed E-state index contributed by atoms with van der Waals surface area (Å²) in [5, 5.41) is 12.0. The van der Waals surface area contributed by atoms with Crippen molar-refractivity contribution in [3.63, 3.8) is 0 Å². The fraction of sp³-hybridized carbons (Fsp3) is 0.318. The number of furan rings is 1. The molecule has 5 nitrogen and oxygen atoms in total. The summed E-state index contributed by atoms with van der Waals surface area (Å²) in [6.07, 6.45) is 0.511. The Kier molecular flexibility index (Phi) is 4.19. The molecule has 2 aromatic carbocycles. The number of nitrogens with zero attached hydrogens (tertiary/aromatic N) is 1. The van der Waals surface area contributed by atoms with Crippen molar-refractivity contribution >= 4 is 16.9 Å². The van der Waals surface area contributed by atoms with Crippen molar-refractivity contribution in [1.29, 1.82) is 0 Å². The Balaban J connectivity index is 1.64. The second-order valence-corrected chi connectivity index (χ2v) is 7.24. The van der Waals surface area contributed by atoms with Crippen LogP contribution in [-0.2, 0) is 5.60 Å². The van der Waals surface area contributed by atoms with E-state index in [-0.39, 0.29) is 12.5 Å². The lowest BCUT2D eigenvalue weighted by atomic mass is 9.89. The van der Waals surface area contributed by atoms with E-state index in [4.69, 9.17) is 9.15 Å². The summed E-state index contributed by atoms with van der Waals surface area (Å²) in [4.78, 5) is 14.8. The molecule has 1 atom stereocenters. The van der Waals surface area contributed by atoms with Gasteiger partial charge in [0.15, 0.2) is 5.76 Å². The maximum absolute atomic E-state index is 13.1. The molecule has 0 aliphatic carbocycles. The summed E-state index contributed by atoms with van der Waals surface area (Å²) in [6.45, 7) is 4.61. The number of aliphatic hydroxyl groups is 1. The molecule has 0 saturated carbocycles. The van der Waals surface area contributed by atoms with Crippen LogP contribution < -0.4 is 4.74 Å². The molecule has 0 radical (unpaired) electrons. The van der Waals surface area contributed by atoms with Crippen molar-refractivity contribution in [1.82, 2.24) is 4.90 Å². The van der Waals surface area contributed by atoms with Crippen molar-refractivity contribution in [2.24, 2.45) is 0 Å². The van der Waals surface area contributed by atoms with Crippen molar-refractivity contribution in [2.75, 3.05) is 20.2 Å². The lowest BCUT2D eigenvalue weighted by Crippen LogP contribution is -2.34. The maximum atomic E-state index is 13.1. The largest absolute Gasteiger partial charge is 0.497 e. The van der Waals surface area contributed by atoms with Crippen molar-refractivity contribution < 1.29 is 19.1 Å². The van der Waals surface area contributed by atoms with E-state index in [0.29, 0.717) is 30.1 Å². The number of rotatable bonds is 3. The van der Waals surface area contributed by atoms with E-state index < -0.39 is 5.60 Å². The molecule has 27 heavy (non-hydrogen) atoms.